The summed E-state index contributed by atoms with van der Waals surface area (Å²) in [5.74, 6) is -1.88. The molecule has 0 bridgehead atoms. The van der Waals surface area contributed by atoms with Crippen LogP contribution in [0.1, 0.15) is 42.0 Å². The van der Waals surface area contributed by atoms with Gasteiger partial charge in [-0.25, -0.2) is 9.78 Å². The van der Waals surface area contributed by atoms with Gasteiger partial charge in [0.15, 0.2) is 5.60 Å². The Morgan fingerprint density at radius 1 is 1.06 bits per heavy atom. The standard InChI is InChI=1S/C34H31F3N4O6/c1-2-33(47-28(17-29(42)43)40-12-10-39(11-13-40)23-8-5-7-22(15-23)34(35,36)37)25-16-27-30-21(14-20-6-3-4-9-26(20)38-30)18-41(27)31(44)24(25)19-46-32(33)45/h3-9,14-16,28H,2,10-13,17-19H2,1H3,(H,42,43)/t28?,33-/m0/s1. The van der Waals surface area contributed by atoms with Gasteiger partial charge >= 0.3 is 18.1 Å². The van der Waals surface area contributed by atoms with Gasteiger partial charge in [0.05, 0.1) is 41.0 Å². The Labute approximate surface area is 266 Å². The Hall–Kier alpha value is -4.75. The van der Waals surface area contributed by atoms with E-state index in [4.69, 9.17) is 14.5 Å². The van der Waals surface area contributed by atoms with E-state index in [1.807, 2.05) is 30.3 Å². The lowest BCUT2D eigenvalue weighted by molar-refractivity contribution is -0.210. The Morgan fingerprint density at radius 2 is 1.83 bits per heavy atom. The molecule has 2 atom stereocenters. The SMILES string of the molecule is CC[C@@]1(OC(CC(=O)O)N2CCN(c3cccc(C(F)(F)F)c3)CC2)C(=O)OCc2c1cc1n(c2=O)Cc2cc3ccccc3nc2-1. The highest BCUT2D eigenvalue weighted by Crippen LogP contribution is 2.42. The van der Waals surface area contributed by atoms with E-state index in [2.05, 4.69) is 0 Å². The summed E-state index contributed by atoms with van der Waals surface area (Å²) in [6, 6.07) is 16.4. The maximum absolute atomic E-state index is 13.9. The number of carboxylic acids is 1. The molecule has 10 nitrogen and oxygen atoms in total. The second kappa shape index (κ2) is 11.5. The number of aliphatic carboxylic acids is 1. The second-order valence-corrected chi connectivity index (χ2v) is 12.0. The summed E-state index contributed by atoms with van der Waals surface area (Å²) in [5, 5.41) is 10.8. The summed E-state index contributed by atoms with van der Waals surface area (Å²) in [7, 11) is 0. The molecule has 3 aliphatic rings. The molecule has 0 aliphatic carbocycles. The Bertz CT molecular complexity index is 1970. The van der Waals surface area contributed by atoms with Crippen LogP contribution in [-0.2, 0) is 44.0 Å². The molecule has 0 spiro atoms. The van der Waals surface area contributed by atoms with E-state index in [9.17, 15) is 32.7 Å². The van der Waals surface area contributed by atoms with Crippen molar-refractivity contribution in [2.24, 2.45) is 0 Å². The van der Waals surface area contributed by atoms with Crippen molar-refractivity contribution in [1.82, 2.24) is 14.5 Å². The molecule has 2 aromatic heterocycles. The van der Waals surface area contributed by atoms with Crippen LogP contribution in [0.5, 0.6) is 0 Å². The monoisotopic (exact) mass is 648 g/mol. The van der Waals surface area contributed by atoms with E-state index >= 15 is 0 Å². The third kappa shape index (κ3) is 5.32. The first kappa shape index (κ1) is 30.9. The highest BCUT2D eigenvalue weighted by Gasteiger charge is 2.50. The Morgan fingerprint density at radius 3 is 2.55 bits per heavy atom. The molecule has 1 fully saturated rings. The number of aromatic nitrogens is 2. The molecular weight excluding hydrogens is 617 g/mol. The number of cyclic esters (lactones) is 1. The predicted molar refractivity (Wildman–Crippen MR) is 165 cm³/mol. The largest absolute Gasteiger partial charge is 0.481 e. The Balaban J connectivity index is 1.22. The van der Waals surface area contributed by atoms with Crippen LogP contribution >= 0.6 is 0 Å². The predicted octanol–water partition coefficient (Wildman–Crippen LogP) is 4.75. The van der Waals surface area contributed by atoms with E-state index < -0.39 is 41.9 Å². The van der Waals surface area contributed by atoms with E-state index in [-0.39, 0.29) is 37.2 Å². The van der Waals surface area contributed by atoms with Gasteiger partial charge in [0.1, 0.15) is 12.8 Å². The molecule has 4 aromatic rings. The van der Waals surface area contributed by atoms with Crippen LogP contribution in [0.25, 0.3) is 22.3 Å². The molecule has 1 N–H and O–H groups in total. The molecule has 1 unspecified atom stereocenters. The Kier molecular flexibility index (Phi) is 7.55. The van der Waals surface area contributed by atoms with Gasteiger partial charge < -0.3 is 24.0 Å². The molecule has 0 saturated carbocycles. The minimum atomic E-state index is -4.48. The molecule has 0 radical (unpaired) electrons. The number of carbonyl (C=O) groups is 2. The van der Waals surface area contributed by atoms with Crippen molar-refractivity contribution in [2.45, 2.75) is 50.9 Å². The van der Waals surface area contributed by atoms with Crippen LogP contribution in [0, 0.1) is 0 Å². The molecule has 1 saturated heterocycles. The lowest BCUT2D eigenvalue weighted by Gasteiger charge is -2.44. The number of halogens is 3. The summed E-state index contributed by atoms with van der Waals surface area (Å²) in [5.41, 5.74) is 0.908. The molecule has 47 heavy (non-hydrogen) atoms. The second-order valence-electron chi connectivity index (χ2n) is 12.0. The number of anilines is 1. The molecule has 3 aliphatic heterocycles. The number of rotatable bonds is 7. The lowest BCUT2D eigenvalue weighted by Crippen LogP contribution is -2.56. The summed E-state index contributed by atoms with van der Waals surface area (Å²) in [4.78, 5) is 48.0. The first-order valence-electron chi connectivity index (χ1n) is 15.4. The van der Waals surface area contributed by atoms with Crippen LogP contribution in [-0.4, -0.2) is 63.9 Å². The first-order chi connectivity index (χ1) is 22.5. The number of para-hydroxylation sites is 1. The molecule has 244 valence electrons. The zero-order valence-corrected chi connectivity index (χ0v) is 25.4. The van der Waals surface area contributed by atoms with E-state index in [1.165, 1.54) is 6.07 Å². The van der Waals surface area contributed by atoms with Gasteiger partial charge in [0, 0.05) is 48.4 Å². The van der Waals surface area contributed by atoms with Crippen molar-refractivity contribution in [3.05, 3.63) is 93.3 Å². The normalized spacial score (nSPS) is 20.0. The van der Waals surface area contributed by atoms with Gasteiger partial charge in [0.2, 0.25) is 0 Å². The maximum Gasteiger partial charge on any atom is 0.416 e. The molecule has 0 amide bonds. The number of esters is 1. The number of carboxylic acid groups (broad SMARTS) is 1. The van der Waals surface area contributed by atoms with Crippen molar-refractivity contribution in [1.29, 1.82) is 0 Å². The highest BCUT2D eigenvalue weighted by molar-refractivity contribution is 5.86. The quantitative estimate of drug-likeness (QED) is 0.250. The number of hydrogen-bond donors (Lipinski definition) is 1. The average Bonchev–Trinajstić information content (AvgIpc) is 3.42. The third-order valence-corrected chi connectivity index (χ3v) is 9.33. The minimum absolute atomic E-state index is 0.0556. The fourth-order valence-electron chi connectivity index (χ4n) is 6.88. The molecular formula is C34H31F3N4O6. The summed E-state index contributed by atoms with van der Waals surface area (Å²) in [6.07, 6.45) is -6.00. The van der Waals surface area contributed by atoms with Crippen LogP contribution in [0.4, 0.5) is 18.9 Å². The van der Waals surface area contributed by atoms with Crippen molar-refractivity contribution in [3.63, 3.8) is 0 Å². The first-order valence-corrected chi connectivity index (χ1v) is 15.4. The van der Waals surface area contributed by atoms with Gasteiger partial charge in [-0.2, -0.15) is 13.2 Å². The minimum Gasteiger partial charge on any atom is -0.481 e. The van der Waals surface area contributed by atoms with Crippen LogP contribution in [0.15, 0.2) is 65.5 Å². The summed E-state index contributed by atoms with van der Waals surface area (Å²) < 4.78 is 53.7. The number of pyridine rings is 2. The van der Waals surface area contributed by atoms with E-state index in [0.29, 0.717) is 42.3 Å². The molecule has 13 heteroatoms. The fraction of sp³-hybridized carbons (Fsp3) is 0.353. The van der Waals surface area contributed by atoms with E-state index in [1.54, 1.807) is 33.4 Å². The summed E-state index contributed by atoms with van der Waals surface area (Å²) >= 11 is 0. The lowest BCUT2D eigenvalue weighted by atomic mass is 9.85. The maximum atomic E-state index is 13.9. The van der Waals surface area contributed by atoms with Crippen molar-refractivity contribution >= 4 is 28.5 Å². The third-order valence-electron chi connectivity index (χ3n) is 9.33. The fourth-order valence-corrected chi connectivity index (χ4v) is 6.88. The van der Waals surface area contributed by atoms with Crippen LogP contribution in [0.2, 0.25) is 0 Å². The zero-order chi connectivity index (χ0) is 33.1. The van der Waals surface area contributed by atoms with Gasteiger partial charge in [0.25, 0.3) is 5.56 Å². The summed E-state index contributed by atoms with van der Waals surface area (Å²) in [6.45, 7) is 2.88. The molecule has 5 heterocycles. The van der Waals surface area contributed by atoms with Crippen molar-refractivity contribution < 1.29 is 37.3 Å². The molecule has 2 aromatic carbocycles. The highest BCUT2D eigenvalue weighted by atomic mass is 19.4. The molecule has 7 rings (SSSR count). The van der Waals surface area contributed by atoms with Gasteiger partial charge in [-0.05, 0) is 42.8 Å². The number of hydrogen-bond acceptors (Lipinski definition) is 8. The number of fused-ring (bicyclic) bond motifs is 5. The van der Waals surface area contributed by atoms with E-state index in [0.717, 1.165) is 28.6 Å². The number of ether oxygens (including phenoxy) is 2. The number of carbonyl (C=O) groups excluding carboxylic acids is 1. The number of piperazine rings is 1. The van der Waals surface area contributed by atoms with Crippen molar-refractivity contribution in [3.8, 4) is 11.4 Å². The zero-order valence-electron chi connectivity index (χ0n) is 25.4. The van der Waals surface area contributed by atoms with Gasteiger partial charge in [-0.3, -0.25) is 14.5 Å². The number of benzene rings is 2. The van der Waals surface area contributed by atoms with Gasteiger partial charge in [-0.15, -0.1) is 0 Å². The number of nitrogens with zero attached hydrogens (tertiary/aromatic N) is 4. The van der Waals surface area contributed by atoms with Crippen molar-refractivity contribution in [2.75, 3.05) is 31.1 Å². The number of alkyl halides is 3. The van der Waals surface area contributed by atoms with Crippen LogP contribution in [0.3, 0.4) is 0 Å². The topological polar surface area (TPSA) is 114 Å². The van der Waals surface area contributed by atoms with Crippen LogP contribution < -0.4 is 10.5 Å². The average molecular weight is 649 g/mol. The smallest absolute Gasteiger partial charge is 0.416 e. The van der Waals surface area contributed by atoms with Gasteiger partial charge in [-0.1, -0.05) is 31.2 Å².